The third-order valence-corrected chi connectivity index (χ3v) is 4.77. The van der Waals surface area contributed by atoms with Crippen molar-refractivity contribution in [3.8, 4) is 0 Å². The Morgan fingerprint density at radius 3 is 2.82 bits per heavy atom. The van der Waals surface area contributed by atoms with Crippen molar-refractivity contribution in [2.75, 3.05) is 20.7 Å². The number of halogens is 1. The largest absolute Gasteiger partial charge is 0.469 e. The molecule has 1 saturated carbocycles. The summed E-state index contributed by atoms with van der Waals surface area (Å²) in [5.74, 6) is -0.0586. The quantitative estimate of drug-likeness (QED) is 0.782. The van der Waals surface area contributed by atoms with Gasteiger partial charge in [0, 0.05) is 27.8 Å². The van der Waals surface area contributed by atoms with Gasteiger partial charge in [0.15, 0.2) is 0 Å². The Hall–Kier alpha value is -0.390. The van der Waals surface area contributed by atoms with E-state index < -0.39 is 0 Å². The second-order valence-electron chi connectivity index (χ2n) is 4.68. The molecule has 1 fully saturated rings. The van der Waals surface area contributed by atoms with E-state index in [0.29, 0.717) is 0 Å². The highest BCUT2D eigenvalue weighted by molar-refractivity contribution is 9.10. The fourth-order valence-corrected chi connectivity index (χ4v) is 3.60. The molecule has 5 heteroatoms. The Bertz CT molecular complexity index is 414. The Kier molecular flexibility index (Phi) is 3.90. The highest BCUT2D eigenvalue weighted by Gasteiger charge is 2.51. The minimum absolute atomic E-state index is 0.0586. The van der Waals surface area contributed by atoms with Crippen LogP contribution in [0.15, 0.2) is 15.9 Å². The Balaban J connectivity index is 1.89. The fourth-order valence-electron chi connectivity index (χ4n) is 2.07. The van der Waals surface area contributed by atoms with E-state index in [-0.39, 0.29) is 11.4 Å². The molecular weight excluding hydrogens is 302 g/mol. The lowest BCUT2D eigenvalue weighted by atomic mass is 10.1. The van der Waals surface area contributed by atoms with Crippen LogP contribution in [-0.4, -0.2) is 31.6 Å². The average molecular weight is 318 g/mol. The molecule has 0 aromatic carbocycles. The molecule has 2 rings (SSSR count). The number of carbonyl (C=O) groups is 1. The summed E-state index contributed by atoms with van der Waals surface area (Å²) in [5.41, 5.74) is -0.224. The lowest BCUT2D eigenvalue weighted by Gasteiger charge is -2.21. The maximum Gasteiger partial charge on any atom is 0.313 e. The van der Waals surface area contributed by atoms with Gasteiger partial charge in [-0.25, -0.2) is 0 Å². The first kappa shape index (κ1) is 13.1. The molecule has 0 spiro atoms. The average Bonchev–Trinajstić information content (AvgIpc) is 2.95. The van der Waals surface area contributed by atoms with Gasteiger partial charge in [-0.1, -0.05) is 0 Å². The minimum atomic E-state index is -0.224. The van der Waals surface area contributed by atoms with Gasteiger partial charge < -0.3 is 9.64 Å². The van der Waals surface area contributed by atoms with Gasteiger partial charge in [0.2, 0.25) is 0 Å². The van der Waals surface area contributed by atoms with Crippen LogP contribution in [0.2, 0.25) is 0 Å². The summed E-state index contributed by atoms with van der Waals surface area (Å²) in [6, 6.07) is 2.12. The van der Waals surface area contributed by atoms with Gasteiger partial charge in [-0.2, -0.15) is 0 Å². The van der Waals surface area contributed by atoms with E-state index >= 15 is 0 Å². The number of esters is 1. The van der Waals surface area contributed by atoms with Gasteiger partial charge >= 0.3 is 5.97 Å². The monoisotopic (exact) mass is 317 g/mol. The molecule has 1 aromatic heterocycles. The molecule has 0 unspecified atom stereocenters. The molecule has 17 heavy (non-hydrogen) atoms. The lowest BCUT2D eigenvalue weighted by molar-refractivity contribution is -0.147. The van der Waals surface area contributed by atoms with Crippen LogP contribution in [0.25, 0.3) is 0 Å². The third-order valence-electron chi connectivity index (χ3n) is 3.09. The number of hydrogen-bond acceptors (Lipinski definition) is 4. The standard InChI is InChI=1S/C12H16BrNO2S/c1-14(6-10-5-9(13)7-17-10)8-12(3-4-12)11(15)16-2/h5,7H,3-4,6,8H2,1-2H3. The van der Waals surface area contributed by atoms with Crippen LogP contribution in [0.4, 0.5) is 0 Å². The van der Waals surface area contributed by atoms with Crippen molar-refractivity contribution < 1.29 is 9.53 Å². The summed E-state index contributed by atoms with van der Waals surface area (Å²) in [6.07, 6.45) is 1.91. The van der Waals surface area contributed by atoms with Gasteiger partial charge in [0.25, 0.3) is 0 Å². The zero-order valence-electron chi connectivity index (χ0n) is 10.0. The second-order valence-corrected chi connectivity index (χ2v) is 6.59. The summed E-state index contributed by atoms with van der Waals surface area (Å²) < 4.78 is 5.99. The van der Waals surface area contributed by atoms with Crippen LogP contribution in [-0.2, 0) is 16.1 Å². The van der Waals surface area contributed by atoms with Crippen molar-refractivity contribution in [1.82, 2.24) is 4.90 Å². The molecule has 0 radical (unpaired) electrons. The first-order valence-corrected chi connectivity index (χ1v) is 7.23. The molecule has 3 nitrogen and oxygen atoms in total. The zero-order valence-corrected chi connectivity index (χ0v) is 12.4. The Labute approximate surface area is 114 Å². The van der Waals surface area contributed by atoms with E-state index in [2.05, 4.69) is 39.3 Å². The van der Waals surface area contributed by atoms with Crippen LogP contribution in [0, 0.1) is 5.41 Å². The van der Waals surface area contributed by atoms with Crippen LogP contribution < -0.4 is 0 Å². The van der Waals surface area contributed by atoms with E-state index in [1.54, 1.807) is 11.3 Å². The minimum Gasteiger partial charge on any atom is -0.469 e. The molecule has 0 atom stereocenters. The number of hydrogen-bond donors (Lipinski definition) is 0. The molecule has 0 bridgehead atoms. The first-order valence-electron chi connectivity index (χ1n) is 5.56. The van der Waals surface area contributed by atoms with Gasteiger partial charge in [0.05, 0.1) is 12.5 Å². The second kappa shape index (κ2) is 5.08. The molecule has 94 valence electrons. The fraction of sp³-hybridized carbons (Fsp3) is 0.583. The summed E-state index contributed by atoms with van der Waals surface area (Å²) in [5, 5.41) is 2.08. The van der Waals surface area contributed by atoms with Crippen molar-refractivity contribution >= 4 is 33.2 Å². The molecule has 1 aliphatic carbocycles. The molecule has 0 aliphatic heterocycles. The van der Waals surface area contributed by atoms with Gasteiger partial charge in [-0.15, -0.1) is 11.3 Å². The van der Waals surface area contributed by atoms with E-state index in [0.717, 1.165) is 30.4 Å². The number of nitrogens with zero attached hydrogens (tertiary/aromatic N) is 1. The topological polar surface area (TPSA) is 29.5 Å². The highest BCUT2D eigenvalue weighted by atomic mass is 79.9. The number of thiophene rings is 1. The summed E-state index contributed by atoms with van der Waals surface area (Å²) in [4.78, 5) is 15.1. The SMILES string of the molecule is COC(=O)C1(CN(C)Cc2cc(Br)cs2)CC1. The van der Waals surface area contributed by atoms with E-state index in [9.17, 15) is 4.79 Å². The number of ether oxygens (including phenoxy) is 1. The van der Waals surface area contributed by atoms with Crippen molar-refractivity contribution in [3.63, 3.8) is 0 Å². The molecule has 1 aliphatic rings. The molecule has 1 aromatic rings. The maximum atomic E-state index is 11.6. The van der Waals surface area contributed by atoms with Crippen LogP contribution in [0.3, 0.4) is 0 Å². The molecule has 0 saturated heterocycles. The van der Waals surface area contributed by atoms with E-state index in [1.165, 1.54) is 12.0 Å². The van der Waals surface area contributed by atoms with Gasteiger partial charge in [-0.05, 0) is 41.9 Å². The van der Waals surface area contributed by atoms with E-state index in [4.69, 9.17) is 4.74 Å². The summed E-state index contributed by atoms with van der Waals surface area (Å²) >= 11 is 5.18. The Morgan fingerprint density at radius 1 is 1.65 bits per heavy atom. The smallest absolute Gasteiger partial charge is 0.313 e. The molecule has 0 N–H and O–H groups in total. The van der Waals surface area contributed by atoms with Crippen LogP contribution in [0.1, 0.15) is 17.7 Å². The summed E-state index contributed by atoms with van der Waals surface area (Å²) in [7, 11) is 3.52. The zero-order chi connectivity index (χ0) is 12.5. The predicted molar refractivity (Wildman–Crippen MR) is 72.0 cm³/mol. The van der Waals surface area contributed by atoms with Crippen molar-refractivity contribution in [2.24, 2.45) is 5.41 Å². The van der Waals surface area contributed by atoms with Crippen molar-refractivity contribution in [2.45, 2.75) is 19.4 Å². The molecular formula is C12H16BrNO2S. The first-order chi connectivity index (χ1) is 8.05. The number of carbonyl (C=O) groups excluding carboxylic acids is 1. The highest BCUT2D eigenvalue weighted by Crippen LogP contribution is 2.47. The van der Waals surface area contributed by atoms with Crippen molar-refractivity contribution in [1.29, 1.82) is 0 Å². The van der Waals surface area contributed by atoms with Crippen molar-refractivity contribution in [3.05, 3.63) is 20.8 Å². The van der Waals surface area contributed by atoms with Gasteiger partial charge in [-0.3, -0.25) is 4.79 Å². The maximum absolute atomic E-state index is 11.6. The van der Waals surface area contributed by atoms with E-state index in [1.807, 2.05) is 0 Å². The predicted octanol–water partition coefficient (Wildman–Crippen LogP) is 2.90. The third kappa shape index (κ3) is 3.09. The normalized spacial score (nSPS) is 17.2. The number of methoxy groups -OCH3 is 1. The summed E-state index contributed by atoms with van der Waals surface area (Å²) in [6.45, 7) is 1.67. The number of rotatable bonds is 5. The van der Waals surface area contributed by atoms with Crippen LogP contribution in [0.5, 0.6) is 0 Å². The molecule has 0 amide bonds. The van der Waals surface area contributed by atoms with Crippen LogP contribution >= 0.6 is 27.3 Å². The molecule has 1 heterocycles. The lowest BCUT2D eigenvalue weighted by Crippen LogP contribution is -2.32. The Morgan fingerprint density at radius 2 is 2.35 bits per heavy atom. The van der Waals surface area contributed by atoms with Gasteiger partial charge in [0.1, 0.15) is 0 Å².